The van der Waals surface area contributed by atoms with Gasteiger partial charge >= 0.3 is 0 Å². The lowest BCUT2D eigenvalue weighted by atomic mass is 10.0. The number of hydrogen-bond acceptors (Lipinski definition) is 1. The van der Waals surface area contributed by atoms with Crippen molar-refractivity contribution in [2.75, 3.05) is 0 Å². The maximum atomic E-state index is 13.8. The van der Waals surface area contributed by atoms with E-state index in [-0.39, 0.29) is 5.75 Å². The van der Waals surface area contributed by atoms with E-state index in [4.69, 9.17) is 11.6 Å². The largest absolute Gasteiger partial charge is 0.507 e. The Bertz CT molecular complexity index is 543. The summed E-state index contributed by atoms with van der Waals surface area (Å²) in [5.74, 6) is -0.440. The van der Waals surface area contributed by atoms with Crippen LogP contribution in [0, 0.1) is 5.82 Å². The number of benzene rings is 2. The van der Waals surface area contributed by atoms with Gasteiger partial charge in [0.25, 0.3) is 0 Å². The highest BCUT2D eigenvalue weighted by Gasteiger charge is 2.11. The predicted molar refractivity (Wildman–Crippen MR) is 66.2 cm³/mol. The summed E-state index contributed by atoms with van der Waals surface area (Å²) in [6.45, 7) is 0. The molecule has 0 aliphatic heterocycles. The van der Waals surface area contributed by atoms with Crippen molar-refractivity contribution in [3.05, 3.63) is 51.7 Å². The number of halogens is 3. The highest BCUT2D eigenvalue weighted by Crippen LogP contribution is 2.35. The summed E-state index contributed by atoms with van der Waals surface area (Å²) < 4.78 is 14.1. The summed E-state index contributed by atoms with van der Waals surface area (Å²) in [6, 6.07) is 9.49. The van der Waals surface area contributed by atoms with Crippen molar-refractivity contribution in [2.24, 2.45) is 0 Å². The third-order valence-electron chi connectivity index (χ3n) is 2.20. The molecule has 0 heterocycles. The Morgan fingerprint density at radius 1 is 1.12 bits per heavy atom. The van der Waals surface area contributed by atoms with Gasteiger partial charge in [-0.15, -0.1) is 0 Å². The molecule has 16 heavy (non-hydrogen) atoms. The zero-order valence-electron chi connectivity index (χ0n) is 8.05. The van der Waals surface area contributed by atoms with Crippen LogP contribution >= 0.6 is 27.5 Å². The first kappa shape index (κ1) is 11.4. The number of aromatic hydroxyl groups is 1. The van der Waals surface area contributed by atoms with Crippen molar-refractivity contribution in [1.29, 1.82) is 0 Å². The van der Waals surface area contributed by atoms with Gasteiger partial charge in [0.05, 0.1) is 4.47 Å². The third kappa shape index (κ3) is 2.06. The number of hydrogen-bond donors (Lipinski definition) is 1. The van der Waals surface area contributed by atoms with Gasteiger partial charge in [-0.2, -0.15) is 0 Å². The summed E-state index contributed by atoms with van der Waals surface area (Å²) in [4.78, 5) is 0. The molecule has 0 bridgehead atoms. The fourth-order valence-electron chi connectivity index (χ4n) is 1.44. The molecule has 0 saturated heterocycles. The second-order valence-corrected chi connectivity index (χ2v) is 4.55. The van der Waals surface area contributed by atoms with E-state index in [1.807, 2.05) is 0 Å². The Labute approximate surface area is 106 Å². The van der Waals surface area contributed by atoms with Crippen molar-refractivity contribution in [3.8, 4) is 16.9 Å². The molecule has 0 unspecified atom stereocenters. The molecule has 0 aliphatic rings. The minimum Gasteiger partial charge on any atom is -0.507 e. The second kappa shape index (κ2) is 4.44. The maximum absolute atomic E-state index is 13.8. The molecule has 2 aromatic rings. The maximum Gasteiger partial charge on any atom is 0.145 e. The van der Waals surface area contributed by atoms with Crippen LogP contribution in [-0.2, 0) is 0 Å². The highest BCUT2D eigenvalue weighted by atomic mass is 79.9. The standard InChI is InChI=1S/C12H7BrClFO/c13-10-3-1-2-9(12(10)15)8-5-4-7(14)6-11(8)16/h1-6,16H. The normalized spacial score (nSPS) is 10.4. The Morgan fingerprint density at radius 2 is 1.88 bits per heavy atom. The lowest BCUT2D eigenvalue weighted by Gasteiger charge is -2.07. The Kier molecular flexibility index (Phi) is 3.17. The lowest BCUT2D eigenvalue weighted by molar-refractivity contribution is 0.476. The summed E-state index contributed by atoms with van der Waals surface area (Å²) in [7, 11) is 0. The average molecular weight is 302 g/mol. The second-order valence-electron chi connectivity index (χ2n) is 3.26. The van der Waals surface area contributed by atoms with Crippen LogP contribution < -0.4 is 0 Å². The fourth-order valence-corrected chi connectivity index (χ4v) is 1.98. The van der Waals surface area contributed by atoms with Gasteiger partial charge in [0, 0.05) is 16.1 Å². The first-order chi connectivity index (χ1) is 7.59. The minimum atomic E-state index is -0.403. The molecule has 0 aromatic heterocycles. The van der Waals surface area contributed by atoms with Crippen molar-refractivity contribution >= 4 is 27.5 Å². The molecule has 0 saturated carbocycles. The molecule has 0 spiro atoms. The molecular formula is C12H7BrClFO. The van der Waals surface area contributed by atoms with Gasteiger partial charge in [0.15, 0.2) is 0 Å². The van der Waals surface area contributed by atoms with Gasteiger partial charge in [0.1, 0.15) is 11.6 Å². The lowest BCUT2D eigenvalue weighted by Crippen LogP contribution is -1.86. The van der Waals surface area contributed by atoms with E-state index in [0.717, 1.165) is 0 Å². The van der Waals surface area contributed by atoms with Crippen LogP contribution in [0.3, 0.4) is 0 Å². The molecule has 1 N–H and O–H groups in total. The third-order valence-corrected chi connectivity index (χ3v) is 3.05. The number of phenolic OH excluding ortho intramolecular Hbond substituents is 1. The SMILES string of the molecule is Oc1cc(Cl)ccc1-c1cccc(Br)c1F. The first-order valence-electron chi connectivity index (χ1n) is 4.52. The van der Waals surface area contributed by atoms with Gasteiger partial charge < -0.3 is 5.11 Å². The van der Waals surface area contributed by atoms with Gasteiger partial charge in [-0.3, -0.25) is 0 Å². The van der Waals surface area contributed by atoms with Crippen LogP contribution in [0.15, 0.2) is 40.9 Å². The van der Waals surface area contributed by atoms with Gasteiger partial charge in [-0.1, -0.05) is 23.7 Å². The Morgan fingerprint density at radius 3 is 2.56 bits per heavy atom. The van der Waals surface area contributed by atoms with Crippen LogP contribution in [0.1, 0.15) is 0 Å². The van der Waals surface area contributed by atoms with Crippen LogP contribution in [0.2, 0.25) is 5.02 Å². The monoisotopic (exact) mass is 300 g/mol. The molecule has 0 radical (unpaired) electrons. The topological polar surface area (TPSA) is 20.2 Å². The smallest absolute Gasteiger partial charge is 0.145 e. The van der Waals surface area contributed by atoms with Gasteiger partial charge in [-0.25, -0.2) is 4.39 Å². The van der Waals surface area contributed by atoms with Gasteiger partial charge in [0.2, 0.25) is 0 Å². The molecule has 0 amide bonds. The number of phenols is 1. The molecule has 2 aromatic carbocycles. The van der Waals surface area contributed by atoms with Crippen molar-refractivity contribution < 1.29 is 9.50 Å². The molecular weight excluding hydrogens is 294 g/mol. The molecule has 0 aliphatic carbocycles. The van der Waals surface area contributed by atoms with E-state index in [1.165, 1.54) is 6.07 Å². The quantitative estimate of drug-likeness (QED) is 0.815. The summed E-state index contributed by atoms with van der Waals surface area (Å²) in [5, 5.41) is 10.1. The van der Waals surface area contributed by atoms with E-state index in [1.54, 1.807) is 30.3 Å². The summed E-state index contributed by atoms with van der Waals surface area (Å²) in [6.07, 6.45) is 0. The van der Waals surface area contributed by atoms with Crippen LogP contribution in [0.25, 0.3) is 11.1 Å². The van der Waals surface area contributed by atoms with E-state index in [0.29, 0.717) is 20.6 Å². The zero-order chi connectivity index (χ0) is 11.7. The van der Waals surface area contributed by atoms with E-state index in [2.05, 4.69) is 15.9 Å². The Hall–Kier alpha value is -1.06. The van der Waals surface area contributed by atoms with Crippen LogP contribution in [-0.4, -0.2) is 5.11 Å². The molecule has 2 rings (SSSR count). The predicted octanol–water partition coefficient (Wildman–Crippen LogP) is 4.61. The molecule has 1 nitrogen and oxygen atoms in total. The zero-order valence-corrected chi connectivity index (χ0v) is 10.4. The molecule has 0 atom stereocenters. The summed E-state index contributed by atoms with van der Waals surface area (Å²) in [5.41, 5.74) is 0.756. The van der Waals surface area contributed by atoms with Crippen LogP contribution in [0.4, 0.5) is 4.39 Å². The van der Waals surface area contributed by atoms with Crippen molar-refractivity contribution in [2.45, 2.75) is 0 Å². The van der Waals surface area contributed by atoms with Gasteiger partial charge in [-0.05, 0) is 40.2 Å². The average Bonchev–Trinajstić information content (AvgIpc) is 2.23. The molecule has 82 valence electrons. The van der Waals surface area contributed by atoms with E-state index in [9.17, 15) is 9.50 Å². The van der Waals surface area contributed by atoms with Crippen molar-refractivity contribution in [1.82, 2.24) is 0 Å². The fraction of sp³-hybridized carbons (Fsp3) is 0. The minimum absolute atomic E-state index is 0.0375. The van der Waals surface area contributed by atoms with Crippen molar-refractivity contribution in [3.63, 3.8) is 0 Å². The highest BCUT2D eigenvalue weighted by molar-refractivity contribution is 9.10. The first-order valence-corrected chi connectivity index (χ1v) is 5.69. The number of rotatable bonds is 1. The molecule has 0 fully saturated rings. The summed E-state index contributed by atoms with van der Waals surface area (Å²) >= 11 is 8.81. The van der Waals surface area contributed by atoms with Crippen LogP contribution in [0.5, 0.6) is 5.75 Å². The van der Waals surface area contributed by atoms with E-state index >= 15 is 0 Å². The molecule has 4 heteroatoms. The van der Waals surface area contributed by atoms with E-state index < -0.39 is 5.82 Å². The Balaban J connectivity index is 2.63.